The standard InChI is InChI=1S/C19H17NO/c21-19(15-8-3-1-4-9-15)16-10-7-13-18(14-16)20-17-11-5-2-6-12-17/h1-14,19-21H. The number of rotatable bonds is 4. The molecule has 0 amide bonds. The molecule has 21 heavy (non-hydrogen) atoms. The lowest BCUT2D eigenvalue weighted by Crippen LogP contribution is -2.00. The molecule has 0 aliphatic heterocycles. The third kappa shape index (κ3) is 3.30. The van der Waals surface area contributed by atoms with Gasteiger partial charge in [-0.1, -0.05) is 60.7 Å². The Kier molecular flexibility index (Phi) is 3.99. The summed E-state index contributed by atoms with van der Waals surface area (Å²) in [5.74, 6) is 0. The van der Waals surface area contributed by atoms with E-state index >= 15 is 0 Å². The van der Waals surface area contributed by atoms with Gasteiger partial charge in [0.2, 0.25) is 0 Å². The number of anilines is 2. The average molecular weight is 275 g/mol. The van der Waals surface area contributed by atoms with E-state index in [4.69, 9.17) is 0 Å². The molecule has 0 aliphatic carbocycles. The highest BCUT2D eigenvalue weighted by Crippen LogP contribution is 2.25. The first-order chi connectivity index (χ1) is 10.3. The first kappa shape index (κ1) is 13.4. The van der Waals surface area contributed by atoms with Crippen LogP contribution >= 0.6 is 0 Å². The molecule has 0 spiro atoms. The Hall–Kier alpha value is -2.58. The summed E-state index contributed by atoms with van der Waals surface area (Å²) in [6.45, 7) is 0. The average Bonchev–Trinajstić information content (AvgIpc) is 2.56. The van der Waals surface area contributed by atoms with Crippen LogP contribution in [0.3, 0.4) is 0 Å². The lowest BCUT2D eigenvalue weighted by Gasteiger charge is -2.13. The van der Waals surface area contributed by atoms with Gasteiger partial charge < -0.3 is 10.4 Å². The van der Waals surface area contributed by atoms with E-state index in [1.807, 2.05) is 84.9 Å². The van der Waals surface area contributed by atoms with Crippen LogP contribution in [-0.2, 0) is 0 Å². The molecule has 0 radical (unpaired) electrons. The van der Waals surface area contributed by atoms with E-state index < -0.39 is 6.10 Å². The van der Waals surface area contributed by atoms with E-state index in [1.54, 1.807) is 0 Å². The first-order valence-corrected chi connectivity index (χ1v) is 6.98. The van der Waals surface area contributed by atoms with Crippen LogP contribution in [0.5, 0.6) is 0 Å². The van der Waals surface area contributed by atoms with E-state index in [0.29, 0.717) is 0 Å². The minimum atomic E-state index is -0.608. The van der Waals surface area contributed by atoms with Crippen molar-refractivity contribution in [3.05, 3.63) is 96.1 Å². The quantitative estimate of drug-likeness (QED) is 0.734. The molecular formula is C19H17NO. The van der Waals surface area contributed by atoms with Crippen LogP contribution < -0.4 is 5.32 Å². The second-order valence-electron chi connectivity index (χ2n) is 4.93. The zero-order valence-electron chi connectivity index (χ0n) is 11.6. The lowest BCUT2D eigenvalue weighted by atomic mass is 10.0. The van der Waals surface area contributed by atoms with Crippen LogP contribution in [0.2, 0.25) is 0 Å². The summed E-state index contributed by atoms with van der Waals surface area (Å²) in [6, 6.07) is 27.5. The fraction of sp³-hybridized carbons (Fsp3) is 0.0526. The van der Waals surface area contributed by atoms with Crippen LogP contribution in [0.4, 0.5) is 11.4 Å². The van der Waals surface area contributed by atoms with Crippen molar-refractivity contribution in [3.8, 4) is 0 Å². The van der Waals surface area contributed by atoms with Crippen LogP contribution in [0.15, 0.2) is 84.9 Å². The maximum Gasteiger partial charge on any atom is 0.104 e. The van der Waals surface area contributed by atoms with Crippen molar-refractivity contribution in [1.29, 1.82) is 0 Å². The SMILES string of the molecule is OC(c1ccccc1)c1cccc(Nc2ccccc2)c1. The minimum Gasteiger partial charge on any atom is -0.384 e. The van der Waals surface area contributed by atoms with Gasteiger partial charge in [0.15, 0.2) is 0 Å². The second kappa shape index (κ2) is 6.25. The Morgan fingerprint density at radius 3 is 1.90 bits per heavy atom. The molecule has 1 atom stereocenters. The summed E-state index contributed by atoms with van der Waals surface area (Å²) in [5, 5.41) is 13.8. The highest BCUT2D eigenvalue weighted by molar-refractivity contribution is 5.60. The maximum atomic E-state index is 10.5. The molecule has 0 saturated carbocycles. The molecule has 0 bridgehead atoms. The number of nitrogens with one attached hydrogen (secondary N) is 1. The number of hydrogen-bond donors (Lipinski definition) is 2. The monoisotopic (exact) mass is 275 g/mol. The van der Waals surface area contributed by atoms with Gasteiger partial charge in [-0.2, -0.15) is 0 Å². The van der Waals surface area contributed by atoms with E-state index in [2.05, 4.69) is 5.32 Å². The first-order valence-electron chi connectivity index (χ1n) is 6.98. The van der Waals surface area contributed by atoms with Gasteiger partial charge in [0.1, 0.15) is 6.10 Å². The van der Waals surface area contributed by atoms with Crippen molar-refractivity contribution < 1.29 is 5.11 Å². The van der Waals surface area contributed by atoms with Gasteiger partial charge in [-0.05, 0) is 35.4 Å². The Balaban J connectivity index is 1.83. The molecule has 3 aromatic rings. The predicted octanol–water partition coefficient (Wildman–Crippen LogP) is 4.51. The highest BCUT2D eigenvalue weighted by atomic mass is 16.3. The van der Waals surface area contributed by atoms with Gasteiger partial charge in [-0.15, -0.1) is 0 Å². The number of para-hydroxylation sites is 1. The summed E-state index contributed by atoms with van der Waals surface area (Å²) in [4.78, 5) is 0. The predicted molar refractivity (Wildman–Crippen MR) is 86.7 cm³/mol. The van der Waals surface area contributed by atoms with Crippen molar-refractivity contribution in [2.45, 2.75) is 6.10 Å². The number of benzene rings is 3. The smallest absolute Gasteiger partial charge is 0.104 e. The topological polar surface area (TPSA) is 32.3 Å². The normalized spacial score (nSPS) is 11.9. The summed E-state index contributed by atoms with van der Waals surface area (Å²) >= 11 is 0. The molecule has 0 heterocycles. The third-order valence-corrected chi connectivity index (χ3v) is 3.38. The number of aliphatic hydroxyl groups excluding tert-OH is 1. The molecular weight excluding hydrogens is 258 g/mol. The molecule has 0 aliphatic rings. The van der Waals surface area contributed by atoms with Crippen molar-refractivity contribution >= 4 is 11.4 Å². The van der Waals surface area contributed by atoms with E-state index in [0.717, 1.165) is 22.5 Å². The fourth-order valence-corrected chi connectivity index (χ4v) is 2.30. The molecule has 2 nitrogen and oxygen atoms in total. The van der Waals surface area contributed by atoms with Crippen LogP contribution in [0, 0.1) is 0 Å². The molecule has 2 N–H and O–H groups in total. The summed E-state index contributed by atoms with van der Waals surface area (Å²) in [7, 11) is 0. The van der Waals surface area contributed by atoms with Crippen molar-refractivity contribution in [2.24, 2.45) is 0 Å². The summed E-state index contributed by atoms with van der Waals surface area (Å²) in [6.07, 6.45) is -0.608. The van der Waals surface area contributed by atoms with Crippen LogP contribution in [0.25, 0.3) is 0 Å². The van der Waals surface area contributed by atoms with Gasteiger partial charge in [-0.25, -0.2) is 0 Å². The molecule has 0 fully saturated rings. The second-order valence-corrected chi connectivity index (χ2v) is 4.93. The largest absolute Gasteiger partial charge is 0.384 e. The summed E-state index contributed by atoms with van der Waals surface area (Å²) in [5.41, 5.74) is 3.77. The minimum absolute atomic E-state index is 0.608. The van der Waals surface area contributed by atoms with Gasteiger partial charge >= 0.3 is 0 Å². The fourth-order valence-electron chi connectivity index (χ4n) is 2.30. The Labute approximate surface area is 124 Å². The third-order valence-electron chi connectivity index (χ3n) is 3.38. The van der Waals surface area contributed by atoms with Crippen molar-refractivity contribution in [2.75, 3.05) is 5.32 Å². The lowest BCUT2D eigenvalue weighted by molar-refractivity contribution is 0.220. The molecule has 0 aromatic heterocycles. The van der Waals surface area contributed by atoms with Gasteiger partial charge in [0.25, 0.3) is 0 Å². The van der Waals surface area contributed by atoms with E-state index in [1.165, 1.54) is 0 Å². The Bertz CT molecular complexity index is 695. The Morgan fingerprint density at radius 1 is 0.619 bits per heavy atom. The highest BCUT2D eigenvalue weighted by Gasteiger charge is 2.10. The molecule has 2 heteroatoms. The van der Waals surface area contributed by atoms with Gasteiger partial charge in [-0.3, -0.25) is 0 Å². The van der Waals surface area contributed by atoms with Crippen molar-refractivity contribution in [1.82, 2.24) is 0 Å². The molecule has 0 saturated heterocycles. The van der Waals surface area contributed by atoms with Gasteiger partial charge in [0, 0.05) is 11.4 Å². The van der Waals surface area contributed by atoms with Crippen LogP contribution in [0.1, 0.15) is 17.2 Å². The van der Waals surface area contributed by atoms with Crippen LogP contribution in [-0.4, -0.2) is 5.11 Å². The van der Waals surface area contributed by atoms with Crippen molar-refractivity contribution in [3.63, 3.8) is 0 Å². The molecule has 1 unspecified atom stereocenters. The zero-order valence-corrected chi connectivity index (χ0v) is 11.6. The van der Waals surface area contributed by atoms with E-state index in [9.17, 15) is 5.11 Å². The van der Waals surface area contributed by atoms with E-state index in [-0.39, 0.29) is 0 Å². The summed E-state index contributed by atoms with van der Waals surface area (Å²) < 4.78 is 0. The maximum absolute atomic E-state index is 10.5. The molecule has 3 aromatic carbocycles. The molecule has 104 valence electrons. The number of hydrogen-bond acceptors (Lipinski definition) is 2. The zero-order chi connectivity index (χ0) is 14.5. The number of aliphatic hydroxyl groups is 1. The Morgan fingerprint density at radius 2 is 1.19 bits per heavy atom. The molecule has 3 rings (SSSR count). The van der Waals surface area contributed by atoms with Gasteiger partial charge in [0.05, 0.1) is 0 Å².